The lowest BCUT2D eigenvalue weighted by atomic mass is 10.0. The Hall–Kier alpha value is -2.41. The molecule has 1 fully saturated rings. The first-order valence-corrected chi connectivity index (χ1v) is 12.9. The van der Waals surface area contributed by atoms with Gasteiger partial charge in [0.25, 0.3) is 11.6 Å². The van der Waals surface area contributed by atoms with Gasteiger partial charge in [-0.1, -0.05) is 0 Å². The molecule has 0 spiro atoms. The van der Waals surface area contributed by atoms with Gasteiger partial charge in [-0.25, -0.2) is 0 Å². The number of aryl methyl sites for hydroxylation is 1. The van der Waals surface area contributed by atoms with Crippen molar-refractivity contribution >= 4 is 21.0 Å². The number of rotatable bonds is 7. The highest BCUT2D eigenvalue weighted by Gasteiger charge is 2.26. The largest absolute Gasteiger partial charge is 0.465 e. The van der Waals surface area contributed by atoms with Gasteiger partial charge in [-0.15, -0.1) is 9.93 Å². The summed E-state index contributed by atoms with van der Waals surface area (Å²) in [6, 6.07) is 6.69. The van der Waals surface area contributed by atoms with Crippen LogP contribution < -0.4 is 10.3 Å². The first kappa shape index (κ1) is 19.9. The molecule has 0 bridgehead atoms. The molecular weight excluding hydrogens is 386 g/mol. The molecule has 1 aromatic carbocycles. The monoisotopic (exact) mass is 415 g/mol. The Morgan fingerprint density at radius 3 is 2.62 bits per heavy atom. The summed E-state index contributed by atoms with van der Waals surface area (Å²) in [4.78, 5) is 19.4. The molecule has 1 aliphatic rings. The lowest BCUT2D eigenvalue weighted by molar-refractivity contribution is 0.296. The lowest BCUT2D eigenvalue weighted by Crippen LogP contribution is -2.10. The average Bonchev–Trinajstić information content (AvgIpc) is 3.39. The van der Waals surface area contributed by atoms with Gasteiger partial charge in [-0.3, -0.25) is 13.6 Å². The van der Waals surface area contributed by atoms with Crippen molar-refractivity contribution in [3.8, 4) is 17.1 Å². The number of fused-ring (bicyclic) bond motifs is 1. The highest BCUT2D eigenvalue weighted by atomic mass is 32.2. The first-order chi connectivity index (χ1) is 13.7. The fourth-order valence-corrected chi connectivity index (χ4v) is 4.77. The third-order valence-electron chi connectivity index (χ3n) is 5.28. The summed E-state index contributed by atoms with van der Waals surface area (Å²) in [5.74, 6) is 1.14. The second-order valence-corrected chi connectivity index (χ2v) is 12.0. The molecule has 3 aromatic rings. The SMILES string of the molecule is CCOc1nc2c(C[SH](C)(C)=O)cc(-c3c[nH]c(=O)c(C)c3)cc2n1CC1CC1. The Morgan fingerprint density at radius 2 is 2.00 bits per heavy atom. The Bertz CT molecular complexity index is 1170. The molecule has 0 aliphatic heterocycles. The highest BCUT2D eigenvalue weighted by Crippen LogP contribution is 2.36. The number of H-pyrrole nitrogens is 1. The Kier molecular flexibility index (Phi) is 5.11. The van der Waals surface area contributed by atoms with Gasteiger partial charge in [-0.05, 0) is 80.0 Å². The molecular formula is C22H29N3O3S. The van der Waals surface area contributed by atoms with Crippen molar-refractivity contribution in [1.29, 1.82) is 0 Å². The first-order valence-electron chi connectivity index (χ1n) is 10.1. The third-order valence-corrected chi connectivity index (χ3v) is 6.38. The fourth-order valence-electron chi connectivity index (χ4n) is 3.71. The van der Waals surface area contributed by atoms with Crippen molar-refractivity contribution in [2.24, 2.45) is 5.92 Å². The molecule has 0 unspecified atom stereocenters. The van der Waals surface area contributed by atoms with E-state index in [0.717, 1.165) is 34.3 Å². The number of benzene rings is 1. The van der Waals surface area contributed by atoms with Crippen LogP contribution >= 0.6 is 0 Å². The van der Waals surface area contributed by atoms with E-state index in [4.69, 9.17) is 9.72 Å². The molecule has 1 N–H and O–H groups in total. The number of aromatic amines is 1. The van der Waals surface area contributed by atoms with Crippen LogP contribution in [0.5, 0.6) is 6.01 Å². The number of nitrogens with one attached hydrogen (secondary N) is 1. The molecule has 1 aliphatic carbocycles. The zero-order chi connectivity index (χ0) is 20.8. The van der Waals surface area contributed by atoms with Gasteiger partial charge in [0.1, 0.15) is 0 Å². The van der Waals surface area contributed by atoms with Crippen molar-refractivity contribution < 1.29 is 8.95 Å². The van der Waals surface area contributed by atoms with Crippen LogP contribution in [-0.2, 0) is 22.2 Å². The number of hydrogen-bond acceptors (Lipinski definition) is 4. The average molecular weight is 416 g/mol. The van der Waals surface area contributed by atoms with E-state index in [1.54, 1.807) is 25.6 Å². The van der Waals surface area contributed by atoms with Gasteiger partial charge in [0, 0.05) is 24.1 Å². The smallest absolute Gasteiger partial charge is 0.297 e. The van der Waals surface area contributed by atoms with Crippen molar-refractivity contribution in [2.75, 3.05) is 19.1 Å². The zero-order valence-electron chi connectivity index (χ0n) is 17.5. The van der Waals surface area contributed by atoms with E-state index in [2.05, 4.69) is 21.7 Å². The maximum absolute atomic E-state index is 12.7. The second-order valence-electron chi connectivity index (χ2n) is 8.52. The summed E-state index contributed by atoms with van der Waals surface area (Å²) in [5, 5.41) is 0. The predicted molar refractivity (Wildman–Crippen MR) is 120 cm³/mol. The molecule has 2 heterocycles. The summed E-state index contributed by atoms with van der Waals surface area (Å²) < 4.78 is 20.7. The third kappa shape index (κ3) is 4.29. The number of hydrogen-bond donors (Lipinski definition) is 2. The van der Waals surface area contributed by atoms with E-state index >= 15 is 0 Å². The maximum Gasteiger partial charge on any atom is 0.297 e. The van der Waals surface area contributed by atoms with Gasteiger partial charge < -0.3 is 9.72 Å². The van der Waals surface area contributed by atoms with Crippen molar-refractivity contribution in [3.63, 3.8) is 0 Å². The van der Waals surface area contributed by atoms with E-state index in [1.165, 1.54) is 12.8 Å². The van der Waals surface area contributed by atoms with Gasteiger partial charge >= 0.3 is 0 Å². The summed E-state index contributed by atoms with van der Waals surface area (Å²) in [6.07, 6.45) is 7.81. The predicted octanol–water partition coefficient (Wildman–Crippen LogP) is 3.29. The van der Waals surface area contributed by atoms with Crippen LogP contribution in [0, 0.1) is 12.8 Å². The summed E-state index contributed by atoms with van der Waals surface area (Å²) in [6.45, 7) is 5.20. The van der Waals surface area contributed by atoms with Gasteiger partial charge in [0.2, 0.25) is 0 Å². The number of imidazole rings is 1. The second kappa shape index (κ2) is 7.44. The molecule has 0 saturated heterocycles. The maximum atomic E-state index is 12.7. The molecule has 0 amide bonds. The molecule has 6 nitrogen and oxygen atoms in total. The molecule has 2 aromatic heterocycles. The van der Waals surface area contributed by atoms with Gasteiger partial charge in [0.05, 0.1) is 17.6 Å². The van der Waals surface area contributed by atoms with E-state index < -0.39 is 9.93 Å². The number of nitrogens with zero attached hydrogens (tertiary/aromatic N) is 2. The molecule has 29 heavy (non-hydrogen) atoms. The Balaban J connectivity index is 1.95. The van der Waals surface area contributed by atoms with Crippen LogP contribution in [0.25, 0.3) is 22.2 Å². The quantitative estimate of drug-likeness (QED) is 0.581. The standard InChI is InChI=1S/C22H29N3O3S/c1-5-28-22-24-20-18(13-29(3,4)27)9-16(17-8-14(2)21(26)23-11-17)10-19(20)25(22)12-15-6-7-15/h8-11,15,29H,5-7,12-13H2,1-4H3,(H,23,26). The summed E-state index contributed by atoms with van der Waals surface area (Å²) in [7, 11) is -2.31. The van der Waals surface area contributed by atoms with Crippen molar-refractivity contribution in [3.05, 3.63) is 45.9 Å². The topological polar surface area (TPSA) is 77.0 Å². The molecule has 0 atom stereocenters. The number of aromatic nitrogens is 3. The summed E-state index contributed by atoms with van der Waals surface area (Å²) >= 11 is 0. The molecule has 7 heteroatoms. The van der Waals surface area contributed by atoms with Crippen molar-refractivity contribution in [2.45, 2.75) is 39.0 Å². The molecule has 156 valence electrons. The van der Waals surface area contributed by atoms with Crippen LogP contribution in [0.15, 0.2) is 29.2 Å². The molecule has 1 saturated carbocycles. The minimum Gasteiger partial charge on any atom is -0.465 e. The highest BCUT2D eigenvalue weighted by molar-refractivity contribution is 8.01. The van der Waals surface area contributed by atoms with Gasteiger partial charge in [-0.2, -0.15) is 4.98 Å². The number of ether oxygens (including phenoxy) is 1. The molecule has 4 rings (SSSR count). The van der Waals surface area contributed by atoms with Crippen LogP contribution in [0.1, 0.15) is 30.9 Å². The van der Waals surface area contributed by atoms with E-state index in [9.17, 15) is 9.00 Å². The zero-order valence-corrected chi connectivity index (χ0v) is 18.4. The Morgan fingerprint density at radius 1 is 1.24 bits per heavy atom. The lowest BCUT2D eigenvalue weighted by Gasteiger charge is -2.14. The number of thiol groups is 1. The molecule has 0 radical (unpaired) electrons. The van der Waals surface area contributed by atoms with Crippen LogP contribution in [-0.4, -0.2) is 37.9 Å². The Labute approximate surface area is 171 Å². The van der Waals surface area contributed by atoms with Crippen LogP contribution in [0.2, 0.25) is 0 Å². The van der Waals surface area contributed by atoms with Gasteiger partial charge in [0.15, 0.2) is 0 Å². The van der Waals surface area contributed by atoms with E-state index in [-0.39, 0.29) is 5.56 Å². The summed E-state index contributed by atoms with van der Waals surface area (Å²) in [5.41, 5.74) is 5.34. The normalized spacial score (nSPS) is 15.0. The minimum absolute atomic E-state index is 0.0842. The van der Waals surface area contributed by atoms with Crippen LogP contribution in [0.4, 0.5) is 0 Å². The van der Waals surface area contributed by atoms with Crippen LogP contribution in [0.3, 0.4) is 0 Å². The number of pyridine rings is 1. The van der Waals surface area contributed by atoms with E-state index in [0.29, 0.717) is 29.9 Å². The van der Waals surface area contributed by atoms with E-state index in [1.807, 2.05) is 13.0 Å². The van der Waals surface area contributed by atoms with Crippen molar-refractivity contribution in [1.82, 2.24) is 14.5 Å². The fraction of sp³-hybridized carbons (Fsp3) is 0.455. The minimum atomic E-state index is -2.31.